The van der Waals surface area contributed by atoms with Gasteiger partial charge in [0, 0.05) is 6.54 Å². The number of nitrogens with two attached hydrogens (primary N) is 1. The Kier molecular flexibility index (Phi) is 5.67. The van der Waals surface area contributed by atoms with E-state index >= 15 is 0 Å². The number of carbonyl (C=O) groups is 2. The van der Waals surface area contributed by atoms with E-state index in [-0.39, 0.29) is 28.8 Å². The molecule has 2 amide bonds. The Morgan fingerprint density at radius 3 is 2.47 bits per heavy atom. The van der Waals surface area contributed by atoms with E-state index in [9.17, 15) is 23.1 Å². The molecule has 34 heavy (non-hydrogen) atoms. The molecule has 1 unspecified atom stereocenters. The first-order valence-electron chi connectivity index (χ1n) is 11.5. The minimum Gasteiger partial charge on any atom is -0.389 e. The topological polar surface area (TPSA) is 130 Å². The van der Waals surface area contributed by atoms with E-state index in [0.29, 0.717) is 32.1 Å². The van der Waals surface area contributed by atoms with Gasteiger partial charge in [-0.25, -0.2) is 8.42 Å². The van der Waals surface area contributed by atoms with Gasteiger partial charge in [0.1, 0.15) is 6.04 Å². The average molecular weight is 506 g/mol. The van der Waals surface area contributed by atoms with Crippen LogP contribution in [-0.4, -0.2) is 59.8 Å². The number of sulfone groups is 1. The maximum Gasteiger partial charge on any atom is 0.244 e. The van der Waals surface area contributed by atoms with Crippen LogP contribution in [0.5, 0.6) is 0 Å². The lowest BCUT2D eigenvalue weighted by Gasteiger charge is -2.30. The summed E-state index contributed by atoms with van der Waals surface area (Å²) in [7, 11) is -3.89. The Balaban J connectivity index is 1.45. The average Bonchev–Trinajstić information content (AvgIpc) is 3.70. The number of likely N-dealkylation sites (tertiary alicyclic amines) is 1. The van der Waals surface area contributed by atoms with Gasteiger partial charge in [0.25, 0.3) is 0 Å². The van der Waals surface area contributed by atoms with Crippen molar-refractivity contribution in [3.8, 4) is 0 Å². The van der Waals surface area contributed by atoms with Crippen LogP contribution < -0.4 is 11.1 Å². The number of carbonyl (C=O) groups excluding carboxylic acids is 2. The first kappa shape index (κ1) is 23.5. The molecule has 0 spiro atoms. The molecule has 4 N–H and O–H groups in total. The highest BCUT2D eigenvalue weighted by molar-refractivity contribution is 7.92. The van der Waals surface area contributed by atoms with E-state index in [1.807, 2.05) is 6.08 Å². The summed E-state index contributed by atoms with van der Waals surface area (Å²) >= 11 is 6.19. The van der Waals surface area contributed by atoms with Crippen LogP contribution in [0.15, 0.2) is 53.0 Å². The van der Waals surface area contributed by atoms with Gasteiger partial charge < -0.3 is 21.1 Å². The predicted molar refractivity (Wildman–Crippen MR) is 126 cm³/mol. The SMILES string of the molecule is NC1(NC(=O)[C@@H]2C[C@@H](S(=O)(=O)c3ccccc3Cl)CN2C(=O)C2(C3=CCC(O)C=C3)CC2)CC1. The maximum atomic E-state index is 13.8. The maximum absolute atomic E-state index is 13.8. The molecule has 10 heteroatoms. The number of allylic oxidation sites excluding steroid dienone is 1. The van der Waals surface area contributed by atoms with Gasteiger partial charge in [-0.2, -0.15) is 0 Å². The molecular formula is C24H28ClN3O5S. The van der Waals surface area contributed by atoms with E-state index in [0.717, 1.165) is 5.57 Å². The molecule has 4 aliphatic rings. The molecule has 5 rings (SSSR count). The Morgan fingerprint density at radius 1 is 1.18 bits per heavy atom. The summed E-state index contributed by atoms with van der Waals surface area (Å²) < 4.78 is 26.9. The minimum atomic E-state index is -3.89. The monoisotopic (exact) mass is 505 g/mol. The van der Waals surface area contributed by atoms with Crippen molar-refractivity contribution in [1.29, 1.82) is 0 Å². The van der Waals surface area contributed by atoms with Gasteiger partial charge in [-0.3, -0.25) is 9.59 Å². The predicted octanol–water partition coefficient (Wildman–Crippen LogP) is 1.68. The summed E-state index contributed by atoms with van der Waals surface area (Å²) in [6, 6.07) is 5.27. The zero-order chi connectivity index (χ0) is 24.3. The van der Waals surface area contributed by atoms with Crippen LogP contribution in [0, 0.1) is 5.41 Å². The van der Waals surface area contributed by atoms with Crippen molar-refractivity contribution in [1.82, 2.24) is 10.2 Å². The molecule has 1 saturated heterocycles. The van der Waals surface area contributed by atoms with E-state index in [1.54, 1.807) is 24.3 Å². The zero-order valence-corrected chi connectivity index (χ0v) is 20.2. The fourth-order valence-corrected chi connectivity index (χ4v) is 7.15. The fourth-order valence-electron chi connectivity index (χ4n) is 4.93. The van der Waals surface area contributed by atoms with Crippen molar-refractivity contribution in [3.05, 3.63) is 53.1 Å². The van der Waals surface area contributed by atoms with Crippen molar-refractivity contribution in [2.45, 2.75) is 66.5 Å². The molecule has 2 saturated carbocycles. The van der Waals surface area contributed by atoms with Crippen LogP contribution in [0.1, 0.15) is 38.5 Å². The zero-order valence-electron chi connectivity index (χ0n) is 18.6. The summed E-state index contributed by atoms with van der Waals surface area (Å²) in [5, 5.41) is 11.7. The highest BCUT2D eigenvalue weighted by Crippen LogP contribution is 2.55. The standard InChI is InChI=1S/C24H28ClN3O5S/c25-18-3-1-2-4-20(18)34(32,33)17-13-19(21(30)27-24(26)11-12-24)28(14-17)22(31)23(9-10-23)15-5-7-16(29)8-6-15/h1-7,16-17,19,29H,8-14,26H2,(H,27,30)/t16?,17-,19+/m1/s1. The van der Waals surface area contributed by atoms with E-state index < -0.39 is 44.2 Å². The third-order valence-corrected chi connectivity index (χ3v) is 9.99. The van der Waals surface area contributed by atoms with Gasteiger partial charge in [0.05, 0.1) is 32.3 Å². The molecule has 3 atom stereocenters. The number of aliphatic hydroxyl groups is 1. The highest BCUT2D eigenvalue weighted by Gasteiger charge is 2.58. The minimum absolute atomic E-state index is 0.000608. The van der Waals surface area contributed by atoms with Crippen LogP contribution >= 0.6 is 11.6 Å². The normalized spacial score (nSPS) is 28.9. The molecule has 0 radical (unpaired) electrons. The van der Waals surface area contributed by atoms with Crippen LogP contribution in [-0.2, 0) is 19.4 Å². The quantitative estimate of drug-likeness (QED) is 0.504. The second kappa shape index (κ2) is 8.19. The van der Waals surface area contributed by atoms with Crippen LogP contribution in [0.25, 0.3) is 0 Å². The lowest BCUT2D eigenvalue weighted by atomic mass is 9.89. The van der Waals surface area contributed by atoms with Crippen LogP contribution in [0.3, 0.4) is 0 Å². The number of hydrogen-bond donors (Lipinski definition) is 3. The lowest BCUT2D eigenvalue weighted by Crippen LogP contribution is -2.53. The van der Waals surface area contributed by atoms with Gasteiger partial charge >= 0.3 is 0 Å². The summed E-state index contributed by atoms with van der Waals surface area (Å²) in [6.45, 7) is -0.0938. The van der Waals surface area contributed by atoms with E-state index in [4.69, 9.17) is 17.3 Å². The molecule has 182 valence electrons. The second-order valence-corrected chi connectivity index (χ2v) is 12.5. The van der Waals surface area contributed by atoms with Gasteiger partial charge in [0.15, 0.2) is 9.84 Å². The molecule has 0 aromatic heterocycles. The molecule has 3 aliphatic carbocycles. The van der Waals surface area contributed by atoms with Crippen molar-refractivity contribution in [2.75, 3.05) is 6.54 Å². The lowest BCUT2D eigenvalue weighted by molar-refractivity contribution is -0.142. The third-order valence-electron chi connectivity index (χ3n) is 7.36. The first-order chi connectivity index (χ1) is 16.1. The number of aliphatic hydroxyl groups excluding tert-OH is 1. The van der Waals surface area contributed by atoms with Gasteiger partial charge in [0.2, 0.25) is 11.8 Å². The smallest absolute Gasteiger partial charge is 0.244 e. The third kappa shape index (κ3) is 4.08. The number of amides is 2. The van der Waals surface area contributed by atoms with Crippen molar-refractivity contribution < 1.29 is 23.1 Å². The van der Waals surface area contributed by atoms with Crippen molar-refractivity contribution >= 4 is 33.3 Å². The van der Waals surface area contributed by atoms with E-state index in [1.165, 1.54) is 17.0 Å². The molecule has 1 heterocycles. The molecule has 1 aliphatic heterocycles. The Bertz CT molecular complexity index is 1200. The van der Waals surface area contributed by atoms with E-state index in [2.05, 4.69) is 5.32 Å². The molecule has 3 fully saturated rings. The summed E-state index contributed by atoms with van der Waals surface area (Å²) in [5.41, 5.74) is 5.34. The van der Waals surface area contributed by atoms with Crippen LogP contribution in [0.2, 0.25) is 5.02 Å². The summed E-state index contributed by atoms with van der Waals surface area (Å²) in [4.78, 5) is 28.5. The van der Waals surface area contributed by atoms with Gasteiger partial charge in [-0.1, -0.05) is 42.0 Å². The number of nitrogens with one attached hydrogen (secondary N) is 1. The number of nitrogens with zero attached hydrogens (tertiary/aromatic N) is 1. The number of rotatable bonds is 6. The summed E-state index contributed by atoms with van der Waals surface area (Å²) in [6.07, 6.45) is 7.62. The largest absolute Gasteiger partial charge is 0.389 e. The molecule has 1 aromatic carbocycles. The van der Waals surface area contributed by atoms with Gasteiger partial charge in [-0.15, -0.1) is 0 Å². The molecule has 0 bridgehead atoms. The van der Waals surface area contributed by atoms with Crippen molar-refractivity contribution in [3.63, 3.8) is 0 Å². The number of halogens is 1. The Labute approximate surface area is 203 Å². The Morgan fingerprint density at radius 2 is 1.88 bits per heavy atom. The first-order valence-corrected chi connectivity index (χ1v) is 13.5. The second-order valence-electron chi connectivity index (χ2n) is 9.86. The van der Waals surface area contributed by atoms with Crippen LogP contribution in [0.4, 0.5) is 0 Å². The van der Waals surface area contributed by atoms with Gasteiger partial charge in [-0.05, 0) is 56.2 Å². The summed E-state index contributed by atoms with van der Waals surface area (Å²) in [5.74, 6) is -0.678. The highest BCUT2D eigenvalue weighted by atomic mass is 35.5. The van der Waals surface area contributed by atoms with Crippen molar-refractivity contribution in [2.24, 2.45) is 11.1 Å². The molecular weight excluding hydrogens is 478 g/mol. The molecule has 8 nitrogen and oxygen atoms in total. The fraction of sp³-hybridized carbons (Fsp3) is 0.500. The Hall–Kier alpha value is -2.20. The molecule has 1 aromatic rings. The number of benzene rings is 1. The number of hydrogen-bond acceptors (Lipinski definition) is 6.